The van der Waals surface area contributed by atoms with Crippen molar-refractivity contribution in [2.45, 2.75) is 12.3 Å². The first-order valence-corrected chi connectivity index (χ1v) is 5.06. The molecule has 0 aliphatic carbocycles. The highest BCUT2D eigenvalue weighted by molar-refractivity contribution is 5.87. The zero-order chi connectivity index (χ0) is 10.7. The second-order valence-electron chi connectivity index (χ2n) is 3.66. The summed E-state index contributed by atoms with van der Waals surface area (Å²) in [6, 6.07) is 3.68. The molecule has 16 heavy (non-hydrogen) atoms. The van der Waals surface area contributed by atoms with Crippen molar-refractivity contribution in [1.29, 1.82) is 0 Å². The Labute approximate surface area is 101 Å². The fourth-order valence-electron chi connectivity index (χ4n) is 1.81. The predicted octanol–water partition coefficient (Wildman–Crippen LogP) is 1.37. The molecule has 0 amide bonds. The van der Waals surface area contributed by atoms with E-state index in [2.05, 4.69) is 15.0 Å². The summed E-state index contributed by atoms with van der Waals surface area (Å²) in [6.07, 6.45) is 2.91. The van der Waals surface area contributed by atoms with E-state index < -0.39 is 0 Å². The van der Waals surface area contributed by atoms with Gasteiger partial charge in [0.1, 0.15) is 5.69 Å². The molecule has 0 spiro atoms. The second kappa shape index (κ2) is 5.82. The molecular formula is C11H15ClN2O2. The predicted molar refractivity (Wildman–Crippen MR) is 63.1 cm³/mol. The molecule has 1 aromatic heterocycles. The van der Waals surface area contributed by atoms with E-state index in [0.717, 1.165) is 19.5 Å². The number of ether oxygens (including phenoxy) is 1. The van der Waals surface area contributed by atoms with Crippen LogP contribution >= 0.6 is 12.4 Å². The number of esters is 1. The Bertz CT molecular complexity index is 348. The number of hydrogen-bond donors (Lipinski definition) is 1. The average molecular weight is 243 g/mol. The minimum atomic E-state index is -0.383. The first kappa shape index (κ1) is 12.9. The minimum absolute atomic E-state index is 0. The smallest absolute Gasteiger partial charge is 0.356 e. The van der Waals surface area contributed by atoms with E-state index in [1.54, 1.807) is 12.3 Å². The Morgan fingerprint density at radius 2 is 2.38 bits per heavy atom. The van der Waals surface area contributed by atoms with E-state index in [0.29, 0.717) is 11.6 Å². The molecule has 0 bridgehead atoms. The van der Waals surface area contributed by atoms with E-state index in [1.807, 2.05) is 6.07 Å². The molecule has 1 saturated heterocycles. The van der Waals surface area contributed by atoms with Crippen LogP contribution in [0.25, 0.3) is 0 Å². The number of aromatic nitrogens is 1. The number of carbonyl (C=O) groups is 1. The lowest BCUT2D eigenvalue weighted by atomic mass is 10.0. The fraction of sp³-hybridized carbons (Fsp3) is 0.455. The van der Waals surface area contributed by atoms with E-state index in [9.17, 15) is 4.79 Å². The summed E-state index contributed by atoms with van der Waals surface area (Å²) in [5.41, 5.74) is 1.56. The monoisotopic (exact) mass is 242 g/mol. The fourth-order valence-corrected chi connectivity index (χ4v) is 1.81. The highest BCUT2D eigenvalue weighted by atomic mass is 35.5. The van der Waals surface area contributed by atoms with Crippen molar-refractivity contribution in [2.24, 2.45) is 0 Å². The lowest BCUT2D eigenvalue weighted by Crippen LogP contribution is -2.09. The van der Waals surface area contributed by atoms with Gasteiger partial charge in [-0.2, -0.15) is 0 Å². The first-order chi connectivity index (χ1) is 7.31. The van der Waals surface area contributed by atoms with Gasteiger partial charge in [0.15, 0.2) is 0 Å². The van der Waals surface area contributed by atoms with Crippen molar-refractivity contribution in [3.63, 3.8) is 0 Å². The topological polar surface area (TPSA) is 51.2 Å². The maximum atomic E-state index is 11.1. The van der Waals surface area contributed by atoms with Crippen LogP contribution < -0.4 is 5.32 Å². The Hall–Kier alpha value is -1.13. The molecule has 0 aromatic carbocycles. The summed E-state index contributed by atoms with van der Waals surface area (Å²) in [5, 5.41) is 3.30. The second-order valence-corrected chi connectivity index (χ2v) is 3.66. The summed E-state index contributed by atoms with van der Waals surface area (Å²) in [6.45, 7) is 2.06. The number of hydrogen-bond acceptors (Lipinski definition) is 4. The van der Waals surface area contributed by atoms with Crippen molar-refractivity contribution >= 4 is 18.4 Å². The van der Waals surface area contributed by atoms with Gasteiger partial charge < -0.3 is 10.1 Å². The molecule has 1 unspecified atom stereocenters. The lowest BCUT2D eigenvalue weighted by Gasteiger charge is -2.07. The molecule has 1 aliphatic heterocycles. The lowest BCUT2D eigenvalue weighted by molar-refractivity contribution is 0.0594. The summed E-state index contributed by atoms with van der Waals surface area (Å²) >= 11 is 0. The number of halogens is 1. The minimum Gasteiger partial charge on any atom is -0.464 e. The van der Waals surface area contributed by atoms with Crippen LogP contribution in [0.5, 0.6) is 0 Å². The largest absolute Gasteiger partial charge is 0.464 e. The van der Waals surface area contributed by atoms with Gasteiger partial charge in [-0.15, -0.1) is 12.4 Å². The van der Waals surface area contributed by atoms with Gasteiger partial charge in [0.25, 0.3) is 0 Å². The molecular weight excluding hydrogens is 228 g/mol. The van der Waals surface area contributed by atoms with Crippen LogP contribution in [-0.4, -0.2) is 31.2 Å². The van der Waals surface area contributed by atoms with E-state index in [1.165, 1.54) is 12.7 Å². The van der Waals surface area contributed by atoms with Crippen LogP contribution in [0.3, 0.4) is 0 Å². The van der Waals surface area contributed by atoms with Gasteiger partial charge in [-0.1, -0.05) is 6.07 Å². The van der Waals surface area contributed by atoms with Gasteiger partial charge in [0.2, 0.25) is 0 Å². The molecule has 0 saturated carbocycles. The van der Waals surface area contributed by atoms with Crippen LogP contribution in [0.15, 0.2) is 18.3 Å². The molecule has 2 heterocycles. The number of nitrogens with zero attached hydrogens (tertiary/aromatic N) is 1. The summed E-state index contributed by atoms with van der Waals surface area (Å²) < 4.78 is 4.59. The Morgan fingerprint density at radius 3 is 2.88 bits per heavy atom. The van der Waals surface area contributed by atoms with Crippen LogP contribution in [0, 0.1) is 0 Å². The summed E-state index contributed by atoms with van der Waals surface area (Å²) in [5.74, 6) is 0.148. The number of nitrogens with one attached hydrogen (secondary N) is 1. The number of methoxy groups -OCH3 is 1. The Morgan fingerprint density at radius 1 is 1.56 bits per heavy atom. The third kappa shape index (κ3) is 2.71. The van der Waals surface area contributed by atoms with Gasteiger partial charge in [0.05, 0.1) is 7.11 Å². The quantitative estimate of drug-likeness (QED) is 0.796. The van der Waals surface area contributed by atoms with Gasteiger partial charge >= 0.3 is 5.97 Å². The molecule has 88 valence electrons. The molecule has 1 aliphatic rings. The standard InChI is InChI=1S/C11H14N2O2.ClH/c1-15-11(14)10-3-2-8(7-13-10)9-4-5-12-6-9;/h2-3,7,9,12H,4-6H2,1H3;1H. The Kier molecular flexibility index (Phi) is 4.71. The van der Waals surface area contributed by atoms with E-state index in [-0.39, 0.29) is 18.4 Å². The normalized spacial score (nSPS) is 18.9. The van der Waals surface area contributed by atoms with Crippen molar-refractivity contribution < 1.29 is 9.53 Å². The SMILES string of the molecule is COC(=O)c1ccc(C2CCNC2)cn1.Cl. The van der Waals surface area contributed by atoms with Crippen LogP contribution in [0.2, 0.25) is 0 Å². The molecule has 0 radical (unpaired) electrons. The van der Waals surface area contributed by atoms with Crippen molar-refractivity contribution in [1.82, 2.24) is 10.3 Å². The first-order valence-electron chi connectivity index (χ1n) is 5.06. The van der Waals surface area contributed by atoms with Crippen LogP contribution in [0.1, 0.15) is 28.4 Å². The highest BCUT2D eigenvalue weighted by Gasteiger charge is 2.17. The third-order valence-electron chi connectivity index (χ3n) is 2.71. The van der Waals surface area contributed by atoms with E-state index in [4.69, 9.17) is 0 Å². The van der Waals surface area contributed by atoms with Crippen molar-refractivity contribution in [2.75, 3.05) is 20.2 Å². The summed E-state index contributed by atoms with van der Waals surface area (Å²) in [7, 11) is 1.36. The number of pyridine rings is 1. The molecule has 1 N–H and O–H groups in total. The Balaban J connectivity index is 0.00000128. The molecule has 1 aromatic rings. The summed E-state index contributed by atoms with van der Waals surface area (Å²) in [4.78, 5) is 15.2. The molecule has 4 nitrogen and oxygen atoms in total. The molecule has 1 fully saturated rings. The maximum Gasteiger partial charge on any atom is 0.356 e. The zero-order valence-corrected chi connectivity index (χ0v) is 9.92. The van der Waals surface area contributed by atoms with E-state index >= 15 is 0 Å². The number of rotatable bonds is 2. The zero-order valence-electron chi connectivity index (χ0n) is 9.10. The van der Waals surface area contributed by atoms with Crippen LogP contribution in [0.4, 0.5) is 0 Å². The molecule has 1 atom stereocenters. The molecule has 5 heteroatoms. The number of carbonyl (C=O) groups excluding carboxylic acids is 1. The van der Waals surface area contributed by atoms with Crippen molar-refractivity contribution in [3.05, 3.63) is 29.6 Å². The van der Waals surface area contributed by atoms with Gasteiger partial charge in [-0.05, 0) is 30.5 Å². The third-order valence-corrected chi connectivity index (χ3v) is 2.71. The molecule has 2 rings (SSSR count). The van der Waals surface area contributed by atoms with Gasteiger partial charge in [0, 0.05) is 12.7 Å². The van der Waals surface area contributed by atoms with Crippen LogP contribution in [-0.2, 0) is 4.74 Å². The van der Waals surface area contributed by atoms with Gasteiger partial charge in [-0.3, -0.25) is 0 Å². The van der Waals surface area contributed by atoms with Crippen molar-refractivity contribution in [3.8, 4) is 0 Å². The highest BCUT2D eigenvalue weighted by Crippen LogP contribution is 2.21. The average Bonchev–Trinajstić information content (AvgIpc) is 2.82. The van der Waals surface area contributed by atoms with Gasteiger partial charge in [-0.25, -0.2) is 9.78 Å². The maximum absolute atomic E-state index is 11.1.